The summed E-state index contributed by atoms with van der Waals surface area (Å²) in [5.74, 6) is 0. The van der Waals surface area contributed by atoms with Crippen LogP contribution < -0.4 is 0 Å². The van der Waals surface area contributed by atoms with Crippen molar-refractivity contribution in [2.45, 2.75) is 76.2 Å². The van der Waals surface area contributed by atoms with Gasteiger partial charge >= 0.3 is 0 Å². The van der Waals surface area contributed by atoms with E-state index < -0.39 is 37.3 Å². The Bertz CT molecular complexity index is 248. The largest absolute Gasteiger partial charge is 0.394 e. The van der Waals surface area contributed by atoms with Crippen molar-refractivity contribution in [1.29, 1.82) is 0 Å². The molecule has 120 valence electrons. The van der Waals surface area contributed by atoms with E-state index in [0.717, 1.165) is 19.3 Å². The van der Waals surface area contributed by atoms with E-state index in [1.54, 1.807) is 0 Å². The lowest BCUT2D eigenvalue weighted by molar-refractivity contribution is -0.301. The first-order valence-corrected chi connectivity index (χ1v) is 7.54. The maximum Gasteiger partial charge on any atom is 0.186 e. The van der Waals surface area contributed by atoms with Crippen molar-refractivity contribution in [3.05, 3.63) is 0 Å². The molecule has 0 bridgehead atoms. The first-order valence-electron chi connectivity index (χ1n) is 7.54. The van der Waals surface area contributed by atoms with Crippen LogP contribution in [0.1, 0.15) is 45.4 Å². The minimum Gasteiger partial charge on any atom is -0.394 e. The summed E-state index contributed by atoms with van der Waals surface area (Å²) in [6.07, 6.45) is 0.851. The predicted molar refractivity (Wildman–Crippen MR) is 73.1 cm³/mol. The van der Waals surface area contributed by atoms with Crippen LogP contribution in [0.3, 0.4) is 0 Å². The molecule has 6 heteroatoms. The molecule has 20 heavy (non-hydrogen) atoms. The lowest BCUT2D eigenvalue weighted by Gasteiger charge is -2.39. The van der Waals surface area contributed by atoms with Gasteiger partial charge in [0.25, 0.3) is 0 Å². The fourth-order valence-corrected chi connectivity index (χ4v) is 2.29. The highest BCUT2D eigenvalue weighted by atomic mass is 16.7. The SMILES string of the molecule is CCCCCCCCO[C@H]1O[C@H](CO)[C@@H](O)[C@@H](O)[C@@H]1O. The van der Waals surface area contributed by atoms with Gasteiger partial charge in [0.15, 0.2) is 6.29 Å². The molecule has 1 fully saturated rings. The molecule has 1 aliphatic heterocycles. The fraction of sp³-hybridized carbons (Fsp3) is 1.00. The molecule has 0 aliphatic carbocycles. The van der Waals surface area contributed by atoms with E-state index in [1.807, 2.05) is 0 Å². The zero-order valence-electron chi connectivity index (χ0n) is 12.1. The van der Waals surface area contributed by atoms with E-state index in [4.69, 9.17) is 14.6 Å². The number of aliphatic hydroxyl groups is 4. The average molecular weight is 292 g/mol. The Morgan fingerprint density at radius 3 is 2.20 bits per heavy atom. The third-order valence-corrected chi connectivity index (χ3v) is 3.63. The standard InChI is InChI=1S/C14H28O6/c1-2-3-4-5-6-7-8-19-14-13(18)12(17)11(16)10(9-15)20-14/h10-18H,2-9H2,1H3/t10-,11-,12-,13+,14+/m1/s1. The normalized spacial score (nSPS) is 34.4. The average Bonchev–Trinajstić information content (AvgIpc) is 2.46. The van der Waals surface area contributed by atoms with Crippen LogP contribution in [0.2, 0.25) is 0 Å². The van der Waals surface area contributed by atoms with Gasteiger partial charge in [0.05, 0.1) is 6.61 Å². The molecule has 0 aromatic heterocycles. The van der Waals surface area contributed by atoms with Gasteiger partial charge in [-0.3, -0.25) is 0 Å². The maximum absolute atomic E-state index is 9.75. The summed E-state index contributed by atoms with van der Waals surface area (Å²) < 4.78 is 10.6. The van der Waals surface area contributed by atoms with Gasteiger partial charge in [0.1, 0.15) is 24.4 Å². The Hall–Kier alpha value is -0.240. The molecule has 0 unspecified atom stereocenters. The number of ether oxygens (including phenoxy) is 2. The zero-order chi connectivity index (χ0) is 15.0. The van der Waals surface area contributed by atoms with Gasteiger partial charge in [0.2, 0.25) is 0 Å². The number of aliphatic hydroxyl groups excluding tert-OH is 4. The summed E-state index contributed by atoms with van der Waals surface area (Å²) in [7, 11) is 0. The highest BCUT2D eigenvalue weighted by molar-refractivity contribution is 4.88. The van der Waals surface area contributed by atoms with Crippen LogP contribution in [0.25, 0.3) is 0 Å². The Balaban J connectivity index is 2.21. The maximum atomic E-state index is 9.75. The second kappa shape index (κ2) is 9.65. The molecular weight excluding hydrogens is 264 g/mol. The minimum absolute atomic E-state index is 0.425. The molecule has 0 amide bonds. The Morgan fingerprint density at radius 1 is 0.900 bits per heavy atom. The monoisotopic (exact) mass is 292 g/mol. The van der Waals surface area contributed by atoms with E-state index in [9.17, 15) is 15.3 Å². The third kappa shape index (κ3) is 5.27. The van der Waals surface area contributed by atoms with Crippen LogP contribution in [0.5, 0.6) is 0 Å². The van der Waals surface area contributed by atoms with Crippen molar-refractivity contribution in [2.24, 2.45) is 0 Å². The van der Waals surface area contributed by atoms with Gasteiger partial charge < -0.3 is 29.9 Å². The molecule has 1 rings (SSSR count). The highest BCUT2D eigenvalue weighted by Crippen LogP contribution is 2.22. The van der Waals surface area contributed by atoms with Crippen molar-refractivity contribution in [3.8, 4) is 0 Å². The third-order valence-electron chi connectivity index (χ3n) is 3.63. The quantitative estimate of drug-likeness (QED) is 0.452. The molecule has 5 atom stereocenters. The van der Waals surface area contributed by atoms with Gasteiger partial charge in [-0.2, -0.15) is 0 Å². The smallest absolute Gasteiger partial charge is 0.186 e. The fourth-order valence-electron chi connectivity index (χ4n) is 2.29. The summed E-state index contributed by atoms with van der Waals surface area (Å²) in [5.41, 5.74) is 0. The van der Waals surface area contributed by atoms with Gasteiger partial charge in [-0.1, -0.05) is 39.0 Å². The van der Waals surface area contributed by atoms with Crippen molar-refractivity contribution < 1.29 is 29.9 Å². The molecule has 1 aliphatic rings. The van der Waals surface area contributed by atoms with Crippen LogP contribution in [-0.4, -0.2) is 64.3 Å². The predicted octanol–water partition coefficient (Wildman–Crippen LogP) is 0.163. The van der Waals surface area contributed by atoms with Crippen LogP contribution in [0.15, 0.2) is 0 Å². The van der Waals surface area contributed by atoms with Crippen molar-refractivity contribution in [2.75, 3.05) is 13.2 Å². The molecule has 0 saturated carbocycles. The van der Waals surface area contributed by atoms with Gasteiger partial charge in [-0.05, 0) is 6.42 Å². The number of hydrogen-bond donors (Lipinski definition) is 4. The summed E-state index contributed by atoms with van der Waals surface area (Å²) in [4.78, 5) is 0. The van der Waals surface area contributed by atoms with E-state index in [2.05, 4.69) is 6.92 Å². The summed E-state index contributed by atoms with van der Waals surface area (Å²) in [6, 6.07) is 0. The van der Waals surface area contributed by atoms with Gasteiger partial charge in [-0.15, -0.1) is 0 Å². The molecule has 6 nitrogen and oxygen atoms in total. The molecule has 0 aromatic rings. The summed E-state index contributed by atoms with van der Waals surface area (Å²) in [6.45, 7) is 2.17. The Labute approximate surface area is 120 Å². The van der Waals surface area contributed by atoms with Crippen LogP contribution in [0.4, 0.5) is 0 Å². The second-order valence-electron chi connectivity index (χ2n) is 5.34. The molecule has 1 saturated heterocycles. The second-order valence-corrected chi connectivity index (χ2v) is 5.34. The zero-order valence-corrected chi connectivity index (χ0v) is 12.1. The molecule has 1 heterocycles. The Kier molecular flexibility index (Phi) is 8.60. The first kappa shape index (κ1) is 17.8. The Morgan fingerprint density at radius 2 is 1.55 bits per heavy atom. The minimum atomic E-state index is -1.37. The lowest BCUT2D eigenvalue weighted by Crippen LogP contribution is -2.59. The molecule has 0 aromatic carbocycles. The van der Waals surface area contributed by atoms with E-state index >= 15 is 0 Å². The highest BCUT2D eigenvalue weighted by Gasteiger charge is 2.43. The van der Waals surface area contributed by atoms with Gasteiger partial charge in [0, 0.05) is 6.61 Å². The van der Waals surface area contributed by atoms with E-state index in [-0.39, 0.29) is 0 Å². The lowest BCUT2D eigenvalue weighted by atomic mass is 9.99. The summed E-state index contributed by atoms with van der Waals surface area (Å²) in [5, 5.41) is 38.0. The van der Waals surface area contributed by atoms with Crippen molar-refractivity contribution in [3.63, 3.8) is 0 Å². The topological polar surface area (TPSA) is 99.4 Å². The van der Waals surface area contributed by atoms with Crippen LogP contribution in [0, 0.1) is 0 Å². The van der Waals surface area contributed by atoms with E-state index in [1.165, 1.54) is 19.3 Å². The van der Waals surface area contributed by atoms with Crippen molar-refractivity contribution in [1.82, 2.24) is 0 Å². The van der Waals surface area contributed by atoms with Crippen LogP contribution in [-0.2, 0) is 9.47 Å². The first-order chi connectivity index (χ1) is 9.61. The van der Waals surface area contributed by atoms with E-state index in [0.29, 0.717) is 6.61 Å². The molecular formula is C14H28O6. The number of unbranched alkanes of at least 4 members (excludes halogenated alkanes) is 5. The van der Waals surface area contributed by atoms with Crippen molar-refractivity contribution >= 4 is 0 Å². The summed E-state index contributed by atoms with van der Waals surface area (Å²) >= 11 is 0. The number of hydrogen-bond acceptors (Lipinski definition) is 6. The number of rotatable bonds is 9. The molecule has 0 spiro atoms. The molecule has 0 radical (unpaired) electrons. The van der Waals surface area contributed by atoms with Crippen LogP contribution >= 0.6 is 0 Å². The molecule has 4 N–H and O–H groups in total. The van der Waals surface area contributed by atoms with Gasteiger partial charge in [-0.25, -0.2) is 0 Å².